The molecule has 2 aromatic rings. The van der Waals surface area contributed by atoms with Gasteiger partial charge in [-0.2, -0.15) is 0 Å². The Morgan fingerprint density at radius 2 is 1.86 bits per heavy atom. The average molecular weight is 297 g/mol. The first-order chi connectivity index (χ1) is 10.5. The number of carbonyl (C=O) groups is 1. The Labute approximate surface area is 130 Å². The number of rotatable bonds is 1. The molecule has 1 amide bonds. The molecule has 3 heteroatoms. The van der Waals surface area contributed by atoms with Crippen molar-refractivity contribution in [3.63, 3.8) is 0 Å². The maximum Gasteiger partial charge on any atom is 0.258 e. The molecule has 0 spiro atoms. The van der Waals surface area contributed by atoms with Gasteiger partial charge in [-0.1, -0.05) is 12.1 Å². The van der Waals surface area contributed by atoms with Crippen LogP contribution in [-0.2, 0) is 6.42 Å². The first kappa shape index (κ1) is 14.8. The van der Waals surface area contributed by atoms with Crippen LogP contribution in [0.15, 0.2) is 30.3 Å². The zero-order chi connectivity index (χ0) is 15.9. The van der Waals surface area contributed by atoms with E-state index in [1.165, 1.54) is 6.07 Å². The SMILES string of the molecule is Cc1cc(F)c2c(c1)CCCN2C(=O)c1ccc(C)c(C)c1. The van der Waals surface area contributed by atoms with Gasteiger partial charge in [-0.25, -0.2) is 4.39 Å². The van der Waals surface area contributed by atoms with Crippen LogP contribution >= 0.6 is 0 Å². The largest absolute Gasteiger partial charge is 0.305 e. The van der Waals surface area contributed by atoms with Crippen molar-refractivity contribution < 1.29 is 9.18 Å². The van der Waals surface area contributed by atoms with Crippen LogP contribution in [0.3, 0.4) is 0 Å². The number of anilines is 1. The summed E-state index contributed by atoms with van der Waals surface area (Å²) in [6, 6.07) is 9.14. The van der Waals surface area contributed by atoms with Crippen molar-refractivity contribution in [1.29, 1.82) is 0 Å². The minimum absolute atomic E-state index is 0.119. The number of aryl methyl sites for hydroxylation is 4. The third kappa shape index (κ3) is 2.52. The molecule has 0 N–H and O–H groups in total. The molecule has 0 radical (unpaired) electrons. The first-order valence-electron chi connectivity index (χ1n) is 7.65. The molecule has 114 valence electrons. The molecule has 1 aliphatic heterocycles. The molecule has 0 fully saturated rings. The van der Waals surface area contributed by atoms with Crippen molar-refractivity contribution in [2.75, 3.05) is 11.4 Å². The summed E-state index contributed by atoms with van der Waals surface area (Å²) in [6.07, 6.45) is 1.69. The number of halogens is 1. The van der Waals surface area contributed by atoms with Crippen molar-refractivity contribution in [2.45, 2.75) is 33.6 Å². The summed E-state index contributed by atoms with van der Waals surface area (Å²) in [5.41, 5.74) is 5.14. The van der Waals surface area contributed by atoms with E-state index < -0.39 is 0 Å². The van der Waals surface area contributed by atoms with Crippen LogP contribution in [0.25, 0.3) is 0 Å². The molecule has 1 heterocycles. The zero-order valence-electron chi connectivity index (χ0n) is 13.2. The quantitative estimate of drug-likeness (QED) is 0.766. The molecule has 3 rings (SSSR count). The summed E-state index contributed by atoms with van der Waals surface area (Å²) in [5, 5.41) is 0. The minimum atomic E-state index is -0.299. The van der Waals surface area contributed by atoms with Crippen LogP contribution in [0, 0.1) is 26.6 Å². The number of hydrogen-bond acceptors (Lipinski definition) is 1. The Morgan fingerprint density at radius 1 is 1.09 bits per heavy atom. The lowest BCUT2D eigenvalue weighted by Gasteiger charge is -2.30. The second-order valence-corrected chi connectivity index (χ2v) is 6.11. The smallest absolute Gasteiger partial charge is 0.258 e. The maximum atomic E-state index is 14.4. The third-order valence-corrected chi connectivity index (χ3v) is 4.38. The van der Waals surface area contributed by atoms with Crippen LogP contribution < -0.4 is 4.90 Å². The predicted molar refractivity (Wildman–Crippen MR) is 87.1 cm³/mol. The average Bonchev–Trinajstić information content (AvgIpc) is 2.48. The third-order valence-electron chi connectivity index (χ3n) is 4.38. The highest BCUT2D eigenvalue weighted by Gasteiger charge is 2.27. The van der Waals surface area contributed by atoms with Gasteiger partial charge in [0.05, 0.1) is 5.69 Å². The molecule has 22 heavy (non-hydrogen) atoms. The lowest BCUT2D eigenvalue weighted by molar-refractivity contribution is 0.0984. The number of amides is 1. The van der Waals surface area contributed by atoms with Crippen molar-refractivity contribution >= 4 is 11.6 Å². The zero-order valence-corrected chi connectivity index (χ0v) is 13.2. The van der Waals surface area contributed by atoms with Crippen molar-refractivity contribution in [2.24, 2.45) is 0 Å². The van der Waals surface area contributed by atoms with Crippen LogP contribution in [-0.4, -0.2) is 12.5 Å². The van der Waals surface area contributed by atoms with Crippen LogP contribution in [0.5, 0.6) is 0 Å². The first-order valence-corrected chi connectivity index (χ1v) is 7.65. The highest BCUT2D eigenvalue weighted by atomic mass is 19.1. The van der Waals surface area contributed by atoms with Crippen LogP contribution in [0.4, 0.5) is 10.1 Å². The van der Waals surface area contributed by atoms with Crippen LogP contribution in [0.2, 0.25) is 0 Å². The van der Waals surface area contributed by atoms with Crippen molar-refractivity contribution in [3.8, 4) is 0 Å². The van der Waals surface area contributed by atoms with E-state index in [9.17, 15) is 9.18 Å². The molecular formula is C19H20FNO. The highest BCUT2D eigenvalue weighted by Crippen LogP contribution is 2.32. The molecular weight excluding hydrogens is 277 g/mol. The van der Waals surface area contributed by atoms with E-state index in [1.807, 2.05) is 45.0 Å². The van der Waals surface area contributed by atoms with Gasteiger partial charge in [-0.3, -0.25) is 4.79 Å². The molecule has 0 saturated heterocycles. The predicted octanol–water partition coefficient (Wildman–Crippen LogP) is 4.34. The van der Waals surface area contributed by atoms with E-state index in [0.717, 1.165) is 35.1 Å². The Bertz CT molecular complexity index is 751. The van der Waals surface area contributed by atoms with Gasteiger partial charge < -0.3 is 4.90 Å². The van der Waals surface area contributed by atoms with Crippen molar-refractivity contribution in [3.05, 3.63) is 64.0 Å². The normalized spacial score (nSPS) is 13.9. The second-order valence-electron chi connectivity index (χ2n) is 6.11. The summed E-state index contributed by atoms with van der Waals surface area (Å²) < 4.78 is 14.4. The molecule has 0 bridgehead atoms. The van der Waals surface area contributed by atoms with E-state index in [2.05, 4.69) is 0 Å². The Balaban J connectivity index is 2.03. The van der Waals surface area contributed by atoms with Gasteiger partial charge in [-0.05, 0) is 74.1 Å². The molecule has 1 aliphatic rings. The lowest BCUT2D eigenvalue weighted by Crippen LogP contribution is -2.36. The molecule has 2 aromatic carbocycles. The van der Waals surface area contributed by atoms with E-state index in [-0.39, 0.29) is 11.7 Å². The summed E-state index contributed by atoms with van der Waals surface area (Å²) in [7, 11) is 0. The number of hydrogen-bond donors (Lipinski definition) is 0. The molecule has 0 unspecified atom stereocenters. The summed E-state index contributed by atoms with van der Waals surface area (Å²) >= 11 is 0. The Morgan fingerprint density at radius 3 is 2.59 bits per heavy atom. The number of carbonyl (C=O) groups excluding carboxylic acids is 1. The van der Waals surface area contributed by atoms with E-state index >= 15 is 0 Å². The van der Waals surface area contributed by atoms with Gasteiger partial charge in [-0.15, -0.1) is 0 Å². The van der Waals surface area contributed by atoms with Gasteiger partial charge in [0.15, 0.2) is 0 Å². The van der Waals surface area contributed by atoms with Gasteiger partial charge in [0.1, 0.15) is 5.82 Å². The standard InChI is InChI=1S/C19H20FNO/c1-12-9-15-5-4-8-21(18(15)17(20)10-12)19(22)16-7-6-13(2)14(3)11-16/h6-7,9-11H,4-5,8H2,1-3H3. The fourth-order valence-electron chi connectivity index (χ4n) is 3.07. The van der Waals surface area contributed by atoms with Gasteiger partial charge in [0, 0.05) is 12.1 Å². The molecule has 2 nitrogen and oxygen atoms in total. The molecule has 0 aliphatic carbocycles. The second kappa shape index (κ2) is 5.56. The molecule has 0 atom stereocenters. The van der Waals surface area contributed by atoms with E-state index in [1.54, 1.807) is 4.90 Å². The van der Waals surface area contributed by atoms with Crippen LogP contribution in [0.1, 0.15) is 39.0 Å². The molecule has 0 saturated carbocycles. The summed E-state index contributed by atoms with van der Waals surface area (Å²) in [5.74, 6) is -0.418. The van der Waals surface area contributed by atoms with Gasteiger partial charge in [0.2, 0.25) is 0 Å². The fraction of sp³-hybridized carbons (Fsp3) is 0.316. The van der Waals surface area contributed by atoms with Gasteiger partial charge in [0.25, 0.3) is 5.91 Å². The Kier molecular flexibility index (Phi) is 3.73. The topological polar surface area (TPSA) is 20.3 Å². The summed E-state index contributed by atoms with van der Waals surface area (Å²) in [6.45, 7) is 6.45. The highest BCUT2D eigenvalue weighted by molar-refractivity contribution is 6.07. The number of benzene rings is 2. The monoisotopic (exact) mass is 297 g/mol. The minimum Gasteiger partial charge on any atom is -0.305 e. The molecule has 0 aromatic heterocycles. The van der Waals surface area contributed by atoms with Gasteiger partial charge >= 0.3 is 0 Å². The van der Waals surface area contributed by atoms with E-state index in [4.69, 9.17) is 0 Å². The summed E-state index contributed by atoms with van der Waals surface area (Å²) in [4.78, 5) is 14.4. The Hall–Kier alpha value is -2.16. The number of nitrogens with zero attached hydrogens (tertiary/aromatic N) is 1. The number of fused-ring (bicyclic) bond motifs is 1. The van der Waals surface area contributed by atoms with Crippen molar-refractivity contribution in [1.82, 2.24) is 0 Å². The lowest BCUT2D eigenvalue weighted by atomic mass is 9.97. The maximum absolute atomic E-state index is 14.4. The fourth-order valence-corrected chi connectivity index (χ4v) is 3.07. The van der Waals surface area contributed by atoms with E-state index in [0.29, 0.717) is 17.8 Å².